The van der Waals surface area contributed by atoms with Crippen molar-refractivity contribution < 1.29 is 14.6 Å². The van der Waals surface area contributed by atoms with Crippen LogP contribution >= 0.6 is 0 Å². The van der Waals surface area contributed by atoms with Crippen molar-refractivity contribution in [1.82, 2.24) is 10.6 Å². The maximum absolute atomic E-state index is 9.64. The Morgan fingerprint density at radius 1 is 1.30 bits per heavy atom. The van der Waals surface area contributed by atoms with Gasteiger partial charge in [0, 0.05) is 24.6 Å². The molecule has 150 valence electrons. The van der Waals surface area contributed by atoms with Crippen LogP contribution in [0.15, 0.2) is 23.2 Å². The zero-order valence-corrected chi connectivity index (χ0v) is 16.8. The number of benzene rings is 1. The monoisotopic (exact) mass is 375 g/mol. The lowest BCUT2D eigenvalue weighted by atomic mass is 9.93. The fourth-order valence-corrected chi connectivity index (χ4v) is 3.75. The highest BCUT2D eigenvalue weighted by atomic mass is 16.5. The van der Waals surface area contributed by atoms with Gasteiger partial charge in [-0.3, -0.25) is 0 Å². The van der Waals surface area contributed by atoms with Crippen molar-refractivity contribution in [2.24, 2.45) is 4.99 Å². The highest BCUT2D eigenvalue weighted by Crippen LogP contribution is 2.41. The minimum atomic E-state index is -0.171. The van der Waals surface area contributed by atoms with Crippen LogP contribution in [0.3, 0.4) is 0 Å². The first kappa shape index (κ1) is 19.8. The van der Waals surface area contributed by atoms with Crippen LogP contribution in [-0.2, 0) is 6.42 Å². The maximum atomic E-state index is 9.64. The summed E-state index contributed by atoms with van der Waals surface area (Å²) in [6.45, 7) is 8.14. The molecule has 1 aliphatic heterocycles. The smallest absolute Gasteiger partial charge is 0.191 e. The Morgan fingerprint density at radius 3 is 2.81 bits per heavy atom. The number of nitrogens with zero attached hydrogens (tertiary/aromatic N) is 1. The molecule has 1 aromatic rings. The Labute approximate surface area is 162 Å². The lowest BCUT2D eigenvalue weighted by Crippen LogP contribution is -2.45. The average Bonchev–Trinajstić information content (AvgIpc) is 2.95. The molecule has 1 aliphatic carbocycles. The Balaban J connectivity index is 1.51. The van der Waals surface area contributed by atoms with E-state index in [0.29, 0.717) is 19.2 Å². The topological polar surface area (TPSA) is 75.1 Å². The van der Waals surface area contributed by atoms with Gasteiger partial charge in [-0.05, 0) is 52.5 Å². The molecule has 3 rings (SSSR count). The highest BCUT2D eigenvalue weighted by Gasteiger charge is 2.32. The van der Waals surface area contributed by atoms with Gasteiger partial charge in [-0.25, -0.2) is 4.99 Å². The SMILES string of the molecule is CCNC(=NCCOc1cccc2c1OC(C)(C)C2)NC1CCC(O)CC1. The van der Waals surface area contributed by atoms with Crippen LogP contribution in [0.5, 0.6) is 11.5 Å². The molecule has 1 aromatic carbocycles. The molecule has 0 atom stereocenters. The second-order valence-electron chi connectivity index (χ2n) is 8.04. The summed E-state index contributed by atoms with van der Waals surface area (Å²) in [6.07, 6.45) is 4.43. The molecule has 1 heterocycles. The van der Waals surface area contributed by atoms with Gasteiger partial charge in [-0.15, -0.1) is 0 Å². The van der Waals surface area contributed by atoms with Gasteiger partial charge in [0.05, 0.1) is 12.6 Å². The molecule has 0 bridgehead atoms. The van der Waals surface area contributed by atoms with Crippen molar-refractivity contribution in [1.29, 1.82) is 0 Å². The van der Waals surface area contributed by atoms with E-state index in [4.69, 9.17) is 9.47 Å². The second-order valence-corrected chi connectivity index (χ2v) is 8.04. The predicted octanol–water partition coefficient (Wildman–Crippen LogP) is 2.64. The Morgan fingerprint density at radius 2 is 2.07 bits per heavy atom. The number of nitrogens with one attached hydrogen (secondary N) is 2. The number of aliphatic imine (C=N–C) groups is 1. The minimum Gasteiger partial charge on any atom is -0.488 e. The van der Waals surface area contributed by atoms with Crippen LogP contribution in [0.2, 0.25) is 0 Å². The number of hydrogen-bond donors (Lipinski definition) is 3. The molecule has 0 spiro atoms. The summed E-state index contributed by atoms with van der Waals surface area (Å²) in [7, 11) is 0. The molecule has 2 aliphatic rings. The van der Waals surface area contributed by atoms with Crippen molar-refractivity contribution in [3.63, 3.8) is 0 Å². The van der Waals surface area contributed by atoms with E-state index in [9.17, 15) is 5.11 Å². The molecule has 3 N–H and O–H groups in total. The van der Waals surface area contributed by atoms with E-state index in [-0.39, 0.29) is 11.7 Å². The van der Waals surface area contributed by atoms with Crippen LogP contribution < -0.4 is 20.1 Å². The number of guanidine groups is 1. The van der Waals surface area contributed by atoms with Crippen molar-refractivity contribution in [3.8, 4) is 11.5 Å². The zero-order valence-electron chi connectivity index (χ0n) is 16.8. The molecule has 0 aromatic heterocycles. The van der Waals surface area contributed by atoms with E-state index < -0.39 is 0 Å². The van der Waals surface area contributed by atoms with E-state index in [0.717, 1.165) is 56.1 Å². The first-order valence-electron chi connectivity index (χ1n) is 10.1. The lowest BCUT2D eigenvalue weighted by Gasteiger charge is -2.27. The molecule has 0 saturated heterocycles. The molecule has 0 amide bonds. The fraction of sp³-hybridized carbons (Fsp3) is 0.667. The van der Waals surface area contributed by atoms with Crippen LogP contribution in [0.25, 0.3) is 0 Å². The number of hydrogen-bond acceptors (Lipinski definition) is 4. The van der Waals surface area contributed by atoms with E-state index in [1.54, 1.807) is 0 Å². The van der Waals surface area contributed by atoms with Gasteiger partial charge in [0.15, 0.2) is 17.5 Å². The predicted molar refractivity (Wildman–Crippen MR) is 108 cm³/mol. The third-order valence-corrected chi connectivity index (χ3v) is 5.06. The quantitative estimate of drug-likeness (QED) is 0.405. The third-order valence-electron chi connectivity index (χ3n) is 5.06. The van der Waals surface area contributed by atoms with Crippen LogP contribution in [-0.4, -0.2) is 48.5 Å². The third kappa shape index (κ3) is 5.51. The van der Waals surface area contributed by atoms with E-state index >= 15 is 0 Å². The molecule has 0 radical (unpaired) electrons. The van der Waals surface area contributed by atoms with Gasteiger partial charge < -0.3 is 25.2 Å². The number of ether oxygens (including phenoxy) is 2. The van der Waals surface area contributed by atoms with Crippen molar-refractivity contribution >= 4 is 5.96 Å². The molecule has 1 fully saturated rings. The van der Waals surface area contributed by atoms with Crippen molar-refractivity contribution in [2.75, 3.05) is 19.7 Å². The number of fused-ring (bicyclic) bond motifs is 1. The summed E-state index contributed by atoms with van der Waals surface area (Å²) in [4.78, 5) is 4.63. The molecular weight excluding hydrogens is 342 g/mol. The largest absolute Gasteiger partial charge is 0.488 e. The standard InChI is InChI=1S/C21H33N3O3/c1-4-22-20(24-16-8-10-17(25)11-9-16)23-12-13-26-18-7-5-6-15-14-21(2,3)27-19(15)18/h5-7,16-17,25H,4,8-14H2,1-3H3,(H2,22,23,24). The Bertz CT molecular complexity index is 652. The van der Waals surface area contributed by atoms with Crippen molar-refractivity contribution in [3.05, 3.63) is 23.8 Å². The fourth-order valence-electron chi connectivity index (χ4n) is 3.75. The molecular formula is C21H33N3O3. The number of rotatable bonds is 6. The van der Waals surface area contributed by atoms with E-state index in [2.05, 4.69) is 42.5 Å². The second kappa shape index (κ2) is 8.83. The average molecular weight is 376 g/mol. The molecule has 6 nitrogen and oxygen atoms in total. The maximum Gasteiger partial charge on any atom is 0.191 e. The van der Waals surface area contributed by atoms with E-state index in [1.165, 1.54) is 5.56 Å². The zero-order chi connectivity index (χ0) is 19.3. The van der Waals surface area contributed by atoms with Gasteiger partial charge in [0.1, 0.15) is 12.2 Å². The Kier molecular flexibility index (Phi) is 6.47. The van der Waals surface area contributed by atoms with Gasteiger partial charge in [0.25, 0.3) is 0 Å². The number of para-hydroxylation sites is 1. The van der Waals surface area contributed by atoms with Gasteiger partial charge in [-0.2, -0.15) is 0 Å². The molecule has 6 heteroatoms. The molecule has 27 heavy (non-hydrogen) atoms. The summed E-state index contributed by atoms with van der Waals surface area (Å²) in [5.41, 5.74) is 1.03. The summed E-state index contributed by atoms with van der Waals surface area (Å²) in [5, 5.41) is 16.4. The van der Waals surface area contributed by atoms with Crippen LogP contribution in [0, 0.1) is 0 Å². The van der Waals surface area contributed by atoms with Gasteiger partial charge in [-0.1, -0.05) is 12.1 Å². The van der Waals surface area contributed by atoms with E-state index in [1.807, 2.05) is 12.1 Å². The number of aliphatic hydroxyl groups is 1. The number of aliphatic hydroxyl groups excluding tert-OH is 1. The normalized spacial score (nSPS) is 24.1. The Hall–Kier alpha value is -1.95. The van der Waals surface area contributed by atoms with Crippen molar-refractivity contribution in [2.45, 2.75) is 70.6 Å². The van der Waals surface area contributed by atoms with Gasteiger partial charge >= 0.3 is 0 Å². The molecule has 0 unspecified atom stereocenters. The summed E-state index contributed by atoms with van der Waals surface area (Å²) in [6, 6.07) is 6.45. The lowest BCUT2D eigenvalue weighted by molar-refractivity contribution is 0.120. The van der Waals surface area contributed by atoms with Crippen LogP contribution in [0.1, 0.15) is 52.0 Å². The van der Waals surface area contributed by atoms with Gasteiger partial charge in [0.2, 0.25) is 0 Å². The first-order chi connectivity index (χ1) is 13.0. The first-order valence-corrected chi connectivity index (χ1v) is 10.1. The highest BCUT2D eigenvalue weighted by molar-refractivity contribution is 5.80. The van der Waals surface area contributed by atoms with Crippen LogP contribution in [0.4, 0.5) is 0 Å². The minimum absolute atomic E-state index is 0.143. The summed E-state index contributed by atoms with van der Waals surface area (Å²) in [5.74, 6) is 2.49. The molecule has 1 saturated carbocycles. The summed E-state index contributed by atoms with van der Waals surface area (Å²) < 4.78 is 12.0. The summed E-state index contributed by atoms with van der Waals surface area (Å²) >= 11 is 0.